The minimum absolute atomic E-state index is 0.0192. The molecule has 0 amide bonds. The first-order valence-electron chi connectivity index (χ1n) is 8.48. The highest BCUT2D eigenvalue weighted by molar-refractivity contribution is 6.01. The fraction of sp³-hybridized carbons (Fsp3) is 0.632. The van der Waals surface area contributed by atoms with E-state index in [9.17, 15) is 15.0 Å². The number of hydrogen-bond acceptors (Lipinski definition) is 3. The number of ketones is 1. The Morgan fingerprint density at radius 3 is 2.77 bits per heavy atom. The van der Waals surface area contributed by atoms with Crippen molar-refractivity contribution in [1.82, 2.24) is 0 Å². The maximum Gasteiger partial charge on any atom is 0.166 e. The standard InChI is InChI=1S/C19H24O3/c1-10-17-13(7-8-19(2)15(17)5-6-16(19)21)12-4-3-11(20)9-14(12)18(10)22/h3-4,9-10,13,15-17,20-21H,5-8H2,1-2H3/t10?,13?,15?,16-,17?,19?/m0/s1. The highest BCUT2D eigenvalue weighted by Crippen LogP contribution is 2.62. The quantitative estimate of drug-likeness (QED) is 0.771. The molecule has 2 fully saturated rings. The summed E-state index contributed by atoms with van der Waals surface area (Å²) in [5.74, 6) is 1.48. The van der Waals surface area contributed by atoms with Gasteiger partial charge in [-0.05, 0) is 66.5 Å². The Bertz CT molecular complexity index is 638. The Labute approximate surface area is 131 Å². The van der Waals surface area contributed by atoms with E-state index in [2.05, 4.69) is 6.92 Å². The molecule has 0 aromatic heterocycles. The molecule has 3 aliphatic rings. The van der Waals surface area contributed by atoms with Crippen LogP contribution in [-0.4, -0.2) is 22.1 Å². The molecule has 0 saturated heterocycles. The van der Waals surface area contributed by atoms with Crippen LogP contribution in [0.4, 0.5) is 0 Å². The van der Waals surface area contributed by atoms with Crippen molar-refractivity contribution in [2.75, 3.05) is 0 Å². The lowest BCUT2D eigenvalue weighted by Crippen LogP contribution is -2.48. The zero-order chi connectivity index (χ0) is 15.6. The molecule has 0 bridgehead atoms. The molecule has 22 heavy (non-hydrogen) atoms. The lowest BCUT2D eigenvalue weighted by molar-refractivity contribution is -0.0318. The minimum Gasteiger partial charge on any atom is -0.508 e. The molecule has 5 unspecified atom stereocenters. The number of hydrogen-bond donors (Lipinski definition) is 2. The molecule has 0 aliphatic heterocycles. The summed E-state index contributed by atoms with van der Waals surface area (Å²) in [7, 11) is 0. The zero-order valence-electron chi connectivity index (χ0n) is 13.2. The van der Waals surface area contributed by atoms with E-state index in [0.29, 0.717) is 17.8 Å². The van der Waals surface area contributed by atoms with Gasteiger partial charge in [-0.25, -0.2) is 0 Å². The Morgan fingerprint density at radius 1 is 1.23 bits per heavy atom. The van der Waals surface area contributed by atoms with Crippen molar-refractivity contribution < 1.29 is 15.0 Å². The van der Waals surface area contributed by atoms with Crippen molar-refractivity contribution in [1.29, 1.82) is 0 Å². The number of carbonyl (C=O) groups is 1. The van der Waals surface area contributed by atoms with Crippen molar-refractivity contribution in [3.05, 3.63) is 29.3 Å². The first kappa shape index (κ1) is 14.3. The number of aliphatic hydroxyl groups excluding tert-OH is 1. The van der Waals surface area contributed by atoms with Crippen LogP contribution in [-0.2, 0) is 0 Å². The van der Waals surface area contributed by atoms with Gasteiger partial charge in [-0.2, -0.15) is 0 Å². The summed E-state index contributed by atoms with van der Waals surface area (Å²) in [4.78, 5) is 12.8. The van der Waals surface area contributed by atoms with Gasteiger partial charge in [0.1, 0.15) is 5.75 Å². The topological polar surface area (TPSA) is 57.5 Å². The average molecular weight is 300 g/mol. The molecule has 0 spiro atoms. The van der Waals surface area contributed by atoms with Crippen LogP contribution in [0.25, 0.3) is 0 Å². The number of aromatic hydroxyl groups is 1. The molecule has 3 aliphatic carbocycles. The Hall–Kier alpha value is -1.35. The van der Waals surface area contributed by atoms with Gasteiger partial charge >= 0.3 is 0 Å². The molecular formula is C19H24O3. The summed E-state index contributed by atoms with van der Waals surface area (Å²) in [5, 5.41) is 20.2. The third kappa shape index (κ3) is 1.69. The van der Waals surface area contributed by atoms with Crippen LogP contribution in [0.1, 0.15) is 61.4 Å². The summed E-state index contributed by atoms with van der Waals surface area (Å²) in [6.45, 7) is 4.26. The normalized spacial score (nSPS) is 43.4. The molecule has 2 N–H and O–H groups in total. The summed E-state index contributed by atoms with van der Waals surface area (Å²) >= 11 is 0. The molecule has 1 aromatic carbocycles. The molecule has 1 aromatic rings. The van der Waals surface area contributed by atoms with Gasteiger partial charge in [-0.15, -0.1) is 0 Å². The largest absolute Gasteiger partial charge is 0.508 e. The lowest BCUT2D eigenvalue weighted by atomic mass is 9.52. The van der Waals surface area contributed by atoms with Gasteiger partial charge < -0.3 is 10.2 Å². The van der Waals surface area contributed by atoms with Crippen molar-refractivity contribution in [2.24, 2.45) is 23.2 Å². The molecule has 3 heteroatoms. The average Bonchev–Trinajstić information content (AvgIpc) is 2.80. The van der Waals surface area contributed by atoms with E-state index in [1.54, 1.807) is 12.1 Å². The Kier molecular flexibility index (Phi) is 2.96. The molecule has 0 heterocycles. The number of phenolic OH excluding ortho intramolecular Hbond substituents is 1. The molecular weight excluding hydrogens is 276 g/mol. The van der Waals surface area contributed by atoms with Crippen LogP contribution in [0.15, 0.2) is 18.2 Å². The van der Waals surface area contributed by atoms with E-state index in [-0.39, 0.29) is 29.0 Å². The summed E-state index contributed by atoms with van der Waals surface area (Å²) < 4.78 is 0. The summed E-state index contributed by atoms with van der Waals surface area (Å²) in [6, 6.07) is 5.29. The number of fused-ring (bicyclic) bond motifs is 5. The van der Waals surface area contributed by atoms with E-state index in [1.165, 1.54) is 0 Å². The van der Waals surface area contributed by atoms with Crippen LogP contribution in [0.3, 0.4) is 0 Å². The van der Waals surface area contributed by atoms with Crippen molar-refractivity contribution in [3.8, 4) is 5.75 Å². The third-order valence-corrected chi connectivity index (χ3v) is 6.98. The maximum atomic E-state index is 12.8. The number of phenols is 1. The highest BCUT2D eigenvalue weighted by Gasteiger charge is 2.57. The van der Waals surface area contributed by atoms with E-state index in [0.717, 1.165) is 36.8 Å². The van der Waals surface area contributed by atoms with Crippen molar-refractivity contribution in [2.45, 2.75) is 51.6 Å². The van der Waals surface area contributed by atoms with Crippen LogP contribution in [0.5, 0.6) is 5.75 Å². The van der Waals surface area contributed by atoms with E-state index in [1.807, 2.05) is 13.0 Å². The molecule has 0 radical (unpaired) electrons. The van der Waals surface area contributed by atoms with E-state index >= 15 is 0 Å². The van der Waals surface area contributed by atoms with Gasteiger partial charge in [0.25, 0.3) is 0 Å². The lowest BCUT2D eigenvalue weighted by Gasteiger charge is -2.51. The van der Waals surface area contributed by atoms with Gasteiger partial charge in [-0.3, -0.25) is 4.79 Å². The van der Waals surface area contributed by atoms with Gasteiger partial charge in [0.05, 0.1) is 6.10 Å². The predicted octanol–water partition coefficient (Wildman–Crippen LogP) is 3.50. The summed E-state index contributed by atoms with van der Waals surface area (Å²) in [5.41, 5.74) is 1.81. The number of Topliss-reactive ketones (excluding diaryl/α,β-unsaturated/α-hetero) is 1. The van der Waals surface area contributed by atoms with Crippen molar-refractivity contribution >= 4 is 5.78 Å². The zero-order valence-corrected chi connectivity index (χ0v) is 13.2. The first-order valence-corrected chi connectivity index (χ1v) is 8.48. The fourth-order valence-corrected chi connectivity index (χ4v) is 5.73. The SMILES string of the molecule is CC1C(=O)c2cc(O)ccc2C2CCC3(C)C(CC[C@@H]3O)C12. The van der Waals surface area contributed by atoms with E-state index < -0.39 is 0 Å². The monoisotopic (exact) mass is 300 g/mol. The highest BCUT2D eigenvalue weighted by atomic mass is 16.3. The molecule has 3 nitrogen and oxygen atoms in total. The third-order valence-electron chi connectivity index (χ3n) is 6.98. The van der Waals surface area contributed by atoms with Crippen LogP contribution in [0, 0.1) is 23.2 Å². The van der Waals surface area contributed by atoms with E-state index in [4.69, 9.17) is 0 Å². The van der Waals surface area contributed by atoms with Crippen LogP contribution in [0.2, 0.25) is 0 Å². The number of aliphatic hydroxyl groups is 1. The van der Waals surface area contributed by atoms with Crippen molar-refractivity contribution in [3.63, 3.8) is 0 Å². The fourth-order valence-electron chi connectivity index (χ4n) is 5.73. The Balaban J connectivity index is 1.82. The van der Waals surface area contributed by atoms with Gasteiger partial charge in [-0.1, -0.05) is 19.9 Å². The number of carbonyl (C=O) groups excluding carboxylic acids is 1. The molecule has 6 atom stereocenters. The minimum atomic E-state index is -0.220. The molecule has 4 rings (SSSR count). The maximum absolute atomic E-state index is 12.8. The van der Waals surface area contributed by atoms with Gasteiger partial charge in [0.15, 0.2) is 5.78 Å². The first-order chi connectivity index (χ1) is 10.4. The molecule has 2 saturated carbocycles. The molecule has 118 valence electrons. The smallest absolute Gasteiger partial charge is 0.166 e. The second kappa shape index (κ2) is 4.58. The second-order valence-electron chi connectivity index (χ2n) is 7.85. The number of benzene rings is 1. The van der Waals surface area contributed by atoms with Crippen LogP contribution < -0.4 is 0 Å². The Morgan fingerprint density at radius 2 is 2.00 bits per heavy atom. The number of rotatable bonds is 0. The predicted molar refractivity (Wildman–Crippen MR) is 83.9 cm³/mol. The van der Waals surface area contributed by atoms with Crippen LogP contribution >= 0.6 is 0 Å². The van der Waals surface area contributed by atoms with Gasteiger partial charge in [0.2, 0.25) is 0 Å². The van der Waals surface area contributed by atoms with Gasteiger partial charge in [0, 0.05) is 11.5 Å². The second-order valence-corrected chi connectivity index (χ2v) is 7.85. The summed E-state index contributed by atoms with van der Waals surface area (Å²) in [6.07, 6.45) is 3.74.